The van der Waals surface area contributed by atoms with Gasteiger partial charge in [0, 0.05) is 12.2 Å². The number of hydrogen-bond donors (Lipinski definition) is 2. The van der Waals surface area contributed by atoms with E-state index in [-0.39, 0.29) is 11.8 Å². The van der Waals surface area contributed by atoms with Crippen molar-refractivity contribution in [3.05, 3.63) is 59.2 Å². The van der Waals surface area contributed by atoms with Crippen molar-refractivity contribution >= 4 is 17.5 Å². The Hall–Kier alpha value is -2.82. The van der Waals surface area contributed by atoms with Gasteiger partial charge in [-0.3, -0.25) is 9.59 Å². The van der Waals surface area contributed by atoms with E-state index in [0.29, 0.717) is 25.8 Å². The zero-order valence-electron chi connectivity index (χ0n) is 16.1. The van der Waals surface area contributed by atoms with Crippen LogP contribution in [0.1, 0.15) is 29.5 Å². The molecule has 1 aliphatic carbocycles. The summed E-state index contributed by atoms with van der Waals surface area (Å²) in [5.41, 5.74) is 3.06. The molecule has 0 saturated heterocycles. The Labute approximate surface area is 160 Å². The molecule has 0 spiro atoms. The number of anilines is 1. The van der Waals surface area contributed by atoms with Gasteiger partial charge >= 0.3 is 0 Å². The van der Waals surface area contributed by atoms with Crippen LogP contribution >= 0.6 is 0 Å². The number of carbonyl (C=O) groups is 2. The van der Waals surface area contributed by atoms with Crippen molar-refractivity contribution in [2.75, 3.05) is 19.0 Å². The molecule has 0 aliphatic heterocycles. The van der Waals surface area contributed by atoms with Gasteiger partial charge in [0.15, 0.2) is 0 Å². The van der Waals surface area contributed by atoms with Gasteiger partial charge in [-0.2, -0.15) is 0 Å². The fourth-order valence-electron chi connectivity index (χ4n) is 3.20. The number of methoxy groups -OCH3 is 1. The second-order valence-corrected chi connectivity index (χ2v) is 7.21. The van der Waals surface area contributed by atoms with Gasteiger partial charge < -0.3 is 15.4 Å². The summed E-state index contributed by atoms with van der Waals surface area (Å²) in [6.07, 6.45) is 1.88. The Morgan fingerprint density at radius 1 is 1.07 bits per heavy atom. The summed E-state index contributed by atoms with van der Waals surface area (Å²) in [5, 5.41) is 5.85. The maximum absolute atomic E-state index is 12.7. The van der Waals surface area contributed by atoms with E-state index in [0.717, 1.165) is 28.1 Å². The number of nitrogens with one attached hydrogen (secondary N) is 2. The van der Waals surface area contributed by atoms with Gasteiger partial charge in [0.1, 0.15) is 11.2 Å². The van der Waals surface area contributed by atoms with Crippen LogP contribution in [0.4, 0.5) is 5.69 Å². The maximum Gasteiger partial charge on any atom is 0.240 e. The zero-order chi connectivity index (χ0) is 19.4. The Bertz CT molecular complexity index is 856. The predicted octanol–water partition coefficient (Wildman–Crippen LogP) is 3.39. The molecule has 5 heteroatoms. The van der Waals surface area contributed by atoms with E-state index in [2.05, 4.69) is 10.6 Å². The molecule has 0 aromatic heterocycles. The number of rotatable bonds is 7. The van der Waals surface area contributed by atoms with Crippen LogP contribution in [-0.4, -0.2) is 25.5 Å². The summed E-state index contributed by atoms with van der Waals surface area (Å²) in [5.74, 6) is 0.395. The fraction of sp³-hybridized carbons (Fsp3) is 0.364. The standard InChI is InChI=1S/C22H26N2O3/c1-15-7-8-19(16(2)13-15)24-21(26)22(10-11-22)20(25)23-12-9-17-5-4-6-18(14-17)27-3/h4-8,13-14H,9-12H2,1-3H3,(H,23,25)(H,24,26). The molecule has 2 N–H and O–H groups in total. The molecule has 0 radical (unpaired) electrons. The van der Waals surface area contributed by atoms with Crippen molar-refractivity contribution in [1.82, 2.24) is 5.32 Å². The lowest BCUT2D eigenvalue weighted by Crippen LogP contribution is -2.40. The quantitative estimate of drug-likeness (QED) is 0.738. The van der Waals surface area contributed by atoms with E-state index in [1.807, 2.05) is 56.3 Å². The van der Waals surface area contributed by atoms with Gasteiger partial charge in [-0.25, -0.2) is 0 Å². The van der Waals surface area contributed by atoms with Crippen LogP contribution in [0.3, 0.4) is 0 Å². The molecule has 5 nitrogen and oxygen atoms in total. The van der Waals surface area contributed by atoms with E-state index in [4.69, 9.17) is 4.74 Å². The molecule has 1 fully saturated rings. The highest BCUT2D eigenvalue weighted by Gasteiger charge is 2.56. The lowest BCUT2D eigenvalue weighted by Gasteiger charge is -2.17. The summed E-state index contributed by atoms with van der Waals surface area (Å²) in [6, 6.07) is 13.6. The fourth-order valence-corrected chi connectivity index (χ4v) is 3.20. The van der Waals surface area contributed by atoms with Crippen LogP contribution in [-0.2, 0) is 16.0 Å². The van der Waals surface area contributed by atoms with Crippen LogP contribution in [0.25, 0.3) is 0 Å². The Morgan fingerprint density at radius 3 is 2.52 bits per heavy atom. The van der Waals surface area contributed by atoms with Crippen molar-refractivity contribution < 1.29 is 14.3 Å². The summed E-state index contributed by atoms with van der Waals surface area (Å²) < 4.78 is 5.21. The first kappa shape index (κ1) is 19.0. The minimum absolute atomic E-state index is 0.187. The first-order valence-corrected chi connectivity index (χ1v) is 9.24. The number of ether oxygens (including phenoxy) is 1. The monoisotopic (exact) mass is 366 g/mol. The summed E-state index contributed by atoms with van der Waals surface area (Å²) in [4.78, 5) is 25.3. The van der Waals surface area contributed by atoms with E-state index < -0.39 is 5.41 Å². The van der Waals surface area contributed by atoms with Crippen LogP contribution < -0.4 is 15.4 Å². The molecule has 1 saturated carbocycles. The molecule has 1 aliphatic rings. The van der Waals surface area contributed by atoms with Gasteiger partial charge in [0.2, 0.25) is 11.8 Å². The van der Waals surface area contributed by atoms with Gasteiger partial charge in [-0.15, -0.1) is 0 Å². The Kier molecular flexibility index (Phi) is 5.49. The van der Waals surface area contributed by atoms with Crippen molar-refractivity contribution in [2.45, 2.75) is 33.1 Å². The molecule has 27 heavy (non-hydrogen) atoms. The van der Waals surface area contributed by atoms with E-state index in [1.165, 1.54) is 0 Å². The first-order valence-electron chi connectivity index (χ1n) is 9.24. The number of aryl methyl sites for hydroxylation is 2. The molecule has 0 atom stereocenters. The summed E-state index contributed by atoms with van der Waals surface area (Å²) >= 11 is 0. The molecular formula is C22H26N2O3. The van der Waals surface area contributed by atoms with Crippen LogP contribution in [0.5, 0.6) is 5.75 Å². The highest BCUT2D eigenvalue weighted by Crippen LogP contribution is 2.47. The lowest BCUT2D eigenvalue weighted by atomic mass is 10.0. The molecule has 0 bridgehead atoms. The first-order chi connectivity index (χ1) is 12.9. The largest absolute Gasteiger partial charge is 0.497 e. The van der Waals surface area contributed by atoms with Crippen molar-refractivity contribution in [1.29, 1.82) is 0 Å². The number of carbonyl (C=O) groups excluding carboxylic acids is 2. The molecule has 142 valence electrons. The number of benzene rings is 2. The van der Waals surface area contributed by atoms with Crippen LogP contribution in [0.2, 0.25) is 0 Å². The topological polar surface area (TPSA) is 67.4 Å². The highest BCUT2D eigenvalue weighted by atomic mass is 16.5. The third-order valence-corrected chi connectivity index (χ3v) is 5.08. The van der Waals surface area contributed by atoms with Crippen LogP contribution in [0.15, 0.2) is 42.5 Å². The molecule has 2 aromatic carbocycles. The van der Waals surface area contributed by atoms with E-state index >= 15 is 0 Å². The van der Waals surface area contributed by atoms with Crippen molar-refractivity contribution in [3.63, 3.8) is 0 Å². The van der Waals surface area contributed by atoms with Gasteiger partial charge in [0.25, 0.3) is 0 Å². The molecule has 3 rings (SSSR count). The third-order valence-electron chi connectivity index (χ3n) is 5.08. The smallest absolute Gasteiger partial charge is 0.240 e. The Balaban J connectivity index is 1.56. The lowest BCUT2D eigenvalue weighted by molar-refractivity contribution is -0.134. The minimum atomic E-state index is -0.925. The minimum Gasteiger partial charge on any atom is -0.497 e. The van der Waals surface area contributed by atoms with Gasteiger partial charge in [-0.1, -0.05) is 29.8 Å². The SMILES string of the molecule is COc1cccc(CCNC(=O)C2(C(=O)Nc3ccc(C)cc3C)CC2)c1. The average Bonchev–Trinajstić information content (AvgIpc) is 3.46. The zero-order valence-corrected chi connectivity index (χ0v) is 16.1. The third kappa shape index (κ3) is 4.30. The summed E-state index contributed by atoms with van der Waals surface area (Å²) in [6.45, 7) is 4.46. The molecule has 0 heterocycles. The van der Waals surface area contributed by atoms with E-state index in [9.17, 15) is 9.59 Å². The number of hydrogen-bond acceptors (Lipinski definition) is 3. The highest BCUT2D eigenvalue weighted by molar-refractivity contribution is 6.13. The summed E-state index contributed by atoms with van der Waals surface area (Å²) in [7, 11) is 1.63. The normalized spacial score (nSPS) is 14.3. The molecule has 0 unspecified atom stereocenters. The molecular weight excluding hydrogens is 340 g/mol. The van der Waals surface area contributed by atoms with E-state index in [1.54, 1.807) is 7.11 Å². The van der Waals surface area contributed by atoms with Gasteiger partial charge in [-0.05, 0) is 62.4 Å². The van der Waals surface area contributed by atoms with Gasteiger partial charge in [0.05, 0.1) is 7.11 Å². The number of amides is 2. The van der Waals surface area contributed by atoms with Crippen molar-refractivity contribution in [2.24, 2.45) is 5.41 Å². The Morgan fingerprint density at radius 2 is 1.85 bits per heavy atom. The van der Waals surface area contributed by atoms with Crippen molar-refractivity contribution in [3.8, 4) is 5.75 Å². The predicted molar refractivity (Wildman–Crippen MR) is 106 cm³/mol. The second-order valence-electron chi connectivity index (χ2n) is 7.21. The second kappa shape index (κ2) is 7.82. The maximum atomic E-state index is 12.7. The van der Waals surface area contributed by atoms with Crippen LogP contribution in [0, 0.1) is 19.3 Å². The average molecular weight is 366 g/mol. The molecule has 2 amide bonds. The molecule has 2 aromatic rings.